The van der Waals surface area contributed by atoms with E-state index in [4.69, 9.17) is 0 Å². The number of rotatable bonds is 2. The van der Waals surface area contributed by atoms with Gasteiger partial charge in [-0.05, 0) is 36.4 Å². The Morgan fingerprint density at radius 3 is 1.71 bits per heavy atom. The Hall–Kier alpha value is -2.74. The highest BCUT2D eigenvalue weighted by Gasteiger charge is 2.10. The van der Waals surface area contributed by atoms with Gasteiger partial charge in [0.2, 0.25) is 0 Å². The molecule has 0 spiro atoms. The van der Waals surface area contributed by atoms with Crippen molar-refractivity contribution >= 4 is 27.5 Å². The highest BCUT2D eigenvalue weighted by Crippen LogP contribution is 2.31. The molecule has 3 aromatic carbocycles. The first-order valence-electron chi connectivity index (χ1n) is 7.15. The van der Waals surface area contributed by atoms with E-state index in [2.05, 4.69) is 82.7 Å². The lowest BCUT2D eigenvalue weighted by Crippen LogP contribution is -1.94. The average Bonchev–Trinajstić information content (AvgIpc) is 2.90. The number of nitrogens with one attached hydrogen (secondary N) is 1. The number of hydrogen-bond donors (Lipinski definition) is 1. The first-order chi connectivity index (χ1) is 10.4. The van der Waals surface area contributed by atoms with Crippen LogP contribution in [0.3, 0.4) is 0 Å². The summed E-state index contributed by atoms with van der Waals surface area (Å²) < 4.78 is 2.32. The van der Waals surface area contributed by atoms with Gasteiger partial charge >= 0.3 is 0 Å². The maximum Gasteiger partial charge on any atom is 0.0541 e. The molecular weight excluding hydrogens is 256 g/mol. The molecule has 2 nitrogen and oxygen atoms in total. The number of hydrogen-bond acceptors (Lipinski definition) is 1. The van der Waals surface area contributed by atoms with Crippen molar-refractivity contribution in [3.05, 3.63) is 72.8 Å². The van der Waals surface area contributed by atoms with Crippen molar-refractivity contribution in [1.82, 2.24) is 4.57 Å². The molecule has 1 heterocycles. The summed E-state index contributed by atoms with van der Waals surface area (Å²) in [7, 11) is 1.94. The third kappa shape index (κ3) is 1.80. The molecule has 0 atom stereocenters. The van der Waals surface area contributed by atoms with Crippen molar-refractivity contribution in [2.45, 2.75) is 0 Å². The Bertz CT molecular complexity index is 864. The molecule has 0 saturated carbocycles. The lowest BCUT2D eigenvalue weighted by molar-refractivity contribution is 1.18. The zero-order chi connectivity index (χ0) is 14.2. The Labute approximate surface area is 123 Å². The molecule has 2 heteroatoms. The van der Waals surface area contributed by atoms with E-state index in [0.717, 1.165) is 5.69 Å². The Morgan fingerprint density at radius 2 is 1.19 bits per heavy atom. The fraction of sp³-hybridized carbons (Fsp3) is 0.0526. The summed E-state index contributed by atoms with van der Waals surface area (Å²) in [6.45, 7) is 0. The Kier molecular flexibility index (Phi) is 2.68. The zero-order valence-corrected chi connectivity index (χ0v) is 11.9. The van der Waals surface area contributed by atoms with E-state index in [9.17, 15) is 0 Å². The standard InChI is InChI=1S/C19H16N2/c1-20-14-10-12-15(13-11-14)21-18-8-4-2-6-16(18)17-7-3-5-9-19(17)21/h2-13,20H,1H3. The second-order valence-corrected chi connectivity index (χ2v) is 5.17. The Balaban J connectivity index is 2.09. The summed E-state index contributed by atoms with van der Waals surface area (Å²) in [6, 6.07) is 25.7. The van der Waals surface area contributed by atoms with Crippen molar-refractivity contribution in [1.29, 1.82) is 0 Å². The highest BCUT2D eigenvalue weighted by atomic mass is 15.0. The van der Waals surface area contributed by atoms with Gasteiger partial charge < -0.3 is 9.88 Å². The monoisotopic (exact) mass is 272 g/mol. The molecule has 0 bridgehead atoms. The van der Waals surface area contributed by atoms with Gasteiger partial charge in [0.25, 0.3) is 0 Å². The third-order valence-corrected chi connectivity index (χ3v) is 3.99. The quantitative estimate of drug-likeness (QED) is 0.553. The smallest absolute Gasteiger partial charge is 0.0541 e. The van der Waals surface area contributed by atoms with Crippen LogP contribution < -0.4 is 5.32 Å². The number of para-hydroxylation sites is 2. The van der Waals surface area contributed by atoms with Gasteiger partial charge in [-0.2, -0.15) is 0 Å². The lowest BCUT2D eigenvalue weighted by Gasteiger charge is -2.08. The molecule has 0 fully saturated rings. The van der Waals surface area contributed by atoms with E-state index in [0.29, 0.717) is 0 Å². The minimum atomic E-state index is 1.12. The summed E-state index contributed by atoms with van der Waals surface area (Å²) in [5, 5.41) is 5.76. The minimum absolute atomic E-state index is 1.12. The number of nitrogens with zero attached hydrogens (tertiary/aromatic N) is 1. The van der Waals surface area contributed by atoms with Crippen molar-refractivity contribution in [2.24, 2.45) is 0 Å². The van der Waals surface area contributed by atoms with E-state index in [1.165, 1.54) is 27.5 Å². The predicted molar refractivity (Wildman–Crippen MR) is 90.3 cm³/mol. The van der Waals surface area contributed by atoms with Gasteiger partial charge in [0.15, 0.2) is 0 Å². The van der Waals surface area contributed by atoms with Crippen molar-refractivity contribution in [3.63, 3.8) is 0 Å². The predicted octanol–water partition coefficient (Wildman–Crippen LogP) is 4.83. The maximum absolute atomic E-state index is 3.16. The highest BCUT2D eigenvalue weighted by molar-refractivity contribution is 6.09. The molecule has 21 heavy (non-hydrogen) atoms. The molecule has 0 amide bonds. The fourth-order valence-corrected chi connectivity index (χ4v) is 2.98. The van der Waals surface area contributed by atoms with Crippen molar-refractivity contribution in [3.8, 4) is 5.69 Å². The summed E-state index contributed by atoms with van der Waals surface area (Å²) >= 11 is 0. The fourth-order valence-electron chi connectivity index (χ4n) is 2.98. The SMILES string of the molecule is CNc1ccc(-n2c3ccccc3c3ccccc32)cc1. The van der Waals surface area contributed by atoms with Gasteiger partial charge in [0, 0.05) is 29.2 Å². The molecule has 102 valence electrons. The molecule has 0 saturated heterocycles. The largest absolute Gasteiger partial charge is 0.388 e. The molecule has 0 aliphatic rings. The van der Waals surface area contributed by atoms with Crippen LogP contribution in [0.1, 0.15) is 0 Å². The number of anilines is 1. The van der Waals surface area contributed by atoms with Gasteiger partial charge in [-0.25, -0.2) is 0 Å². The van der Waals surface area contributed by atoms with E-state index in [1.807, 2.05) is 7.05 Å². The number of aromatic nitrogens is 1. The Morgan fingerprint density at radius 1 is 0.667 bits per heavy atom. The molecule has 0 radical (unpaired) electrons. The van der Waals surface area contributed by atoms with Crippen LogP contribution in [0.2, 0.25) is 0 Å². The molecular formula is C19H16N2. The van der Waals surface area contributed by atoms with Crippen molar-refractivity contribution < 1.29 is 0 Å². The lowest BCUT2D eigenvalue weighted by atomic mass is 10.2. The van der Waals surface area contributed by atoms with Gasteiger partial charge in [0.05, 0.1) is 11.0 Å². The van der Waals surface area contributed by atoms with E-state index in [1.54, 1.807) is 0 Å². The van der Waals surface area contributed by atoms with E-state index < -0.39 is 0 Å². The van der Waals surface area contributed by atoms with Crippen LogP contribution in [0.15, 0.2) is 72.8 Å². The van der Waals surface area contributed by atoms with Crippen LogP contribution >= 0.6 is 0 Å². The average molecular weight is 272 g/mol. The molecule has 0 aliphatic heterocycles. The summed E-state index contributed by atoms with van der Waals surface area (Å²) in [5.74, 6) is 0. The second kappa shape index (κ2) is 4.67. The van der Waals surface area contributed by atoms with Crippen LogP contribution in [0, 0.1) is 0 Å². The zero-order valence-electron chi connectivity index (χ0n) is 11.9. The van der Waals surface area contributed by atoms with Gasteiger partial charge in [-0.3, -0.25) is 0 Å². The summed E-state index contributed by atoms with van der Waals surface area (Å²) in [5.41, 5.74) is 4.80. The van der Waals surface area contributed by atoms with Crippen LogP contribution in [-0.4, -0.2) is 11.6 Å². The van der Waals surface area contributed by atoms with Crippen LogP contribution in [0.4, 0.5) is 5.69 Å². The first kappa shape index (κ1) is 12.0. The number of fused-ring (bicyclic) bond motifs is 3. The minimum Gasteiger partial charge on any atom is -0.388 e. The molecule has 1 N–H and O–H groups in total. The first-order valence-corrected chi connectivity index (χ1v) is 7.15. The molecule has 4 aromatic rings. The maximum atomic E-state index is 3.16. The molecule has 0 unspecified atom stereocenters. The van der Waals surface area contributed by atoms with Crippen LogP contribution in [-0.2, 0) is 0 Å². The molecule has 4 rings (SSSR count). The van der Waals surface area contributed by atoms with E-state index in [-0.39, 0.29) is 0 Å². The molecule has 1 aromatic heterocycles. The van der Waals surface area contributed by atoms with Gasteiger partial charge in [-0.1, -0.05) is 36.4 Å². The summed E-state index contributed by atoms with van der Waals surface area (Å²) in [4.78, 5) is 0. The third-order valence-electron chi connectivity index (χ3n) is 3.99. The van der Waals surface area contributed by atoms with E-state index >= 15 is 0 Å². The summed E-state index contributed by atoms with van der Waals surface area (Å²) in [6.07, 6.45) is 0. The normalized spacial score (nSPS) is 11.1. The topological polar surface area (TPSA) is 17.0 Å². The van der Waals surface area contributed by atoms with Gasteiger partial charge in [0.1, 0.15) is 0 Å². The molecule has 0 aliphatic carbocycles. The van der Waals surface area contributed by atoms with Crippen molar-refractivity contribution in [2.75, 3.05) is 12.4 Å². The number of benzene rings is 3. The van der Waals surface area contributed by atoms with Crippen LogP contribution in [0.25, 0.3) is 27.5 Å². The van der Waals surface area contributed by atoms with Crippen LogP contribution in [0.5, 0.6) is 0 Å². The second-order valence-electron chi connectivity index (χ2n) is 5.17. The van der Waals surface area contributed by atoms with Gasteiger partial charge in [-0.15, -0.1) is 0 Å².